The maximum Gasteiger partial charge on any atom is 0.251 e. The van der Waals surface area contributed by atoms with Crippen molar-refractivity contribution >= 4 is 5.91 Å². The Bertz CT molecular complexity index is 284. The van der Waals surface area contributed by atoms with E-state index >= 15 is 0 Å². The summed E-state index contributed by atoms with van der Waals surface area (Å²) >= 11 is 0. The molecule has 0 saturated heterocycles. The first-order chi connectivity index (χ1) is 5.88. The van der Waals surface area contributed by atoms with E-state index in [-0.39, 0.29) is 23.7 Å². The van der Waals surface area contributed by atoms with Crippen LogP contribution in [-0.4, -0.2) is 11.4 Å². The topological polar surface area (TPSA) is 29.1 Å². The maximum absolute atomic E-state index is 12.6. The number of hydrogen-bond acceptors (Lipinski definition) is 1. The van der Waals surface area contributed by atoms with Crippen LogP contribution in [0.1, 0.15) is 27.2 Å². The molecule has 0 aromatic heterocycles. The zero-order valence-corrected chi connectivity index (χ0v) is 8.15. The van der Waals surface area contributed by atoms with E-state index in [2.05, 4.69) is 5.32 Å². The Labute approximate surface area is 77.5 Å². The molecule has 0 unspecified atom stereocenters. The van der Waals surface area contributed by atoms with Crippen molar-refractivity contribution in [3.63, 3.8) is 0 Å². The Kier molecular flexibility index (Phi) is 2.55. The first-order valence-corrected chi connectivity index (χ1v) is 4.27. The number of nitrogens with one attached hydrogen (secondary N) is 1. The molecule has 2 nitrogen and oxygen atoms in total. The average molecular weight is 183 g/mol. The Hall–Kier alpha value is -1.12. The fraction of sp³-hybridized carbons (Fsp3) is 0.500. The molecule has 0 bridgehead atoms. The van der Waals surface area contributed by atoms with E-state index in [1.165, 1.54) is 6.08 Å². The summed E-state index contributed by atoms with van der Waals surface area (Å²) in [5.74, 6) is -0.459. The third kappa shape index (κ3) is 3.01. The van der Waals surface area contributed by atoms with E-state index in [4.69, 9.17) is 0 Å². The van der Waals surface area contributed by atoms with Gasteiger partial charge in [-0.2, -0.15) is 0 Å². The van der Waals surface area contributed by atoms with Gasteiger partial charge in [0, 0.05) is 17.5 Å². The number of hydrogen-bond donors (Lipinski definition) is 1. The van der Waals surface area contributed by atoms with Gasteiger partial charge in [-0.25, -0.2) is 4.39 Å². The van der Waals surface area contributed by atoms with Crippen LogP contribution in [0.4, 0.5) is 4.39 Å². The van der Waals surface area contributed by atoms with Gasteiger partial charge in [-0.1, -0.05) is 6.08 Å². The third-order valence-corrected chi connectivity index (χ3v) is 1.58. The van der Waals surface area contributed by atoms with Gasteiger partial charge in [0.2, 0.25) is 0 Å². The van der Waals surface area contributed by atoms with E-state index in [9.17, 15) is 9.18 Å². The van der Waals surface area contributed by atoms with Crippen LogP contribution in [0.3, 0.4) is 0 Å². The van der Waals surface area contributed by atoms with Crippen molar-refractivity contribution in [3.05, 3.63) is 23.6 Å². The first-order valence-electron chi connectivity index (χ1n) is 4.27. The standard InChI is InChI=1S/C10H14FNO/c1-10(2,3)12-9(13)7-4-5-8(11)6-7/h4,6H,5H2,1-3H3,(H,12,13). The zero-order chi connectivity index (χ0) is 10.1. The van der Waals surface area contributed by atoms with Crippen LogP contribution < -0.4 is 5.32 Å². The van der Waals surface area contributed by atoms with Crippen LogP contribution in [0.2, 0.25) is 0 Å². The molecule has 1 amide bonds. The van der Waals surface area contributed by atoms with Crippen LogP contribution in [-0.2, 0) is 4.79 Å². The highest BCUT2D eigenvalue weighted by Crippen LogP contribution is 2.18. The lowest BCUT2D eigenvalue weighted by Gasteiger charge is -2.20. The summed E-state index contributed by atoms with van der Waals surface area (Å²) < 4.78 is 12.6. The summed E-state index contributed by atoms with van der Waals surface area (Å²) in [4.78, 5) is 11.4. The van der Waals surface area contributed by atoms with Crippen molar-refractivity contribution in [2.24, 2.45) is 0 Å². The molecule has 0 aromatic rings. The van der Waals surface area contributed by atoms with Gasteiger partial charge in [0.25, 0.3) is 5.91 Å². The summed E-state index contributed by atoms with van der Waals surface area (Å²) in [5.41, 5.74) is 0.151. The van der Waals surface area contributed by atoms with Crippen molar-refractivity contribution in [2.45, 2.75) is 32.7 Å². The van der Waals surface area contributed by atoms with Gasteiger partial charge < -0.3 is 5.32 Å². The Morgan fingerprint density at radius 1 is 1.54 bits per heavy atom. The van der Waals surface area contributed by atoms with Crippen LogP contribution in [0.25, 0.3) is 0 Å². The molecule has 0 atom stereocenters. The molecule has 0 fully saturated rings. The van der Waals surface area contributed by atoms with Crippen LogP contribution in [0.15, 0.2) is 23.6 Å². The minimum Gasteiger partial charge on any atom is -0.347 e. The molecule has 0 heterocycles. The molecule has 1 rings (SSSR count). The van der Waals surface area contributed by atoms with Gasteiger partial charge in [0.15, 0.2) is 0 Å². The summed E-state index contributed by atoms with van der Waals surface area (Å²) in [6.07, 6.45) is 3.12. The normalized spacial score (nSPS) is 16.6. The van der Waals surface area contributed by atoms with Crippen molar-refractivity contribution in [1.82, 2.24) is 5.32 Å². The Balaban J connectivity index is 2.60. The van der Waals surface area contributed by atoms with Gasteiger partial charge >= 0.3 is 0 Å². The summed E-state index contributed by atoms with van der Waals surface area (Å²) in [6, 6.07) is 0. The first kappa shape index (κ1) is 9.96. The average Bonchev–Trinajstić information content (AvgIpc) is 2.31. The zero-order valence-electron chi connectivity index (χ0n) is 8.15. The number of carbonyl (C=O) groups excluding carboxylic acids is 1. The highest BCUT2D eigenvalue weighted by Gasteiger charge is 2.18. The fourth-order valence-electron chi connectivity index (χ4n) is 1.07. The maximum atomic E-state index is 12.6. The summed E-state index contributed by atoms with van der Waals surface area (Å²) in [7, 11) is 0. The number of rotatable bonds is 1. The molecule has 0 aromatic carbocycles. The van der Waals surface area contributed by atoms with Gasteiger partial charge in [0.1, 0.15) is 5.83 Å². The molecule has 0 radical (unpaired) electrons. The van der Waals surface area contributed by atoms with Gasteiger partial charge in [-0.15, -0.1) is 0 Å². The molecule has 1 N–H and O–H groups in total. The second kappa shape index (κ2) is 3.32. The van der Waals surface area contributed by atoms with Crippen molar-refractivity contribution in [2.75, 3.05) is 0 Å². The van der Waals surface area contributed by atoms with Gasteiger partial charge in [0.05, 0.1) is 0 Å². The highest BCUT2D eigenvalue weighted by molar-refractivity contribution is 5.97. The van der Waals surface area contributed by atoms with Crippen molar-refractivity contribution < 1.29 is 9.18 Å². The lowest BCUT2D eigenvalue weighted by Crippen LogP contribution is -2.40. The van der Waals surface area contributed by atoms with E-state index in [1.54, 1.807) is 6.08 Å². The van der Waals surface area contributed by atoms with Crippen molar-refractivity contribution in [1.29, 1.82) is 0 Å². The van der Waals surface area contributed by atoms with E-state index in [1.807, 2.05) is 20.8 Å². The molecule has 0 spiro atoms. The lowest BCUT2D eigenvalue weighted by molar-refractivity contribution is -0.118. The molecular formula is C10H14FNO. The quantitative estimate of drug-likeness (QED) is 0.662. The highest BCUT2D eigenvalue weighted by atomic mass is 19.1. The second-order valence-corrected chi connectivity index (χ2v) is 4.16. The van der Waals surface area contributed by atoms with Crippen molar-refractivity contribution in [3.8, 4) is 0 Å². The fourth-order valence-corrected chi connectivity index (χ4v) is 1.07. The predicted octanol–water partition coefficient (Wildman–Crippen LogP) is 2.08. The minimum absolute atomic E-state index is 0.208. The SMILES string of the molecule is CC(C)(C)NC(=O)C1=CCC(F)=C1. The molecule has 13 heavy (non-hydrogen) atoms. The molecular weight excluding hydrogens is 169 g/mol. The molecule has 72 valence electrons. The smallest absolute Gasteiger partial charge is 0.251 e. The van der Waals surface area contributed by atoms with Crippen LogP contribution >= 0.6 is 0 Å². The third-order valence-electron chi connectivity index (χ3n) is 1.58. The second-order valence-electron chi connectivity index (χ2n) is 4.16. The van der Waals surface area contributed by atoms with E-state index in [0.717, 1.165) is 0 Å². The Morgan fingerprint density at radius 3 is 2.54 bits per heavy atom. The number of halogens is 1. The monoisotopic (exact) mass is 183 g/mol. The minimum atomic E-state index is -0.273. The molecule has 0 aliphatic heterocycles. The summed E-state index contributed by atoms with van der Waals surface area (Å²) in [6.45, 7) is 5.67. The van der Waals surface area contributed by atoms with Gasteiger partial charge in [-0.05, 0) is 26.8 Å². The Morgan fingerprint density at radius 2 is 2.15 bits per heavy atom. The summed E-state index contributed by atoms with van der Waals surface area (Å²) in [5, 5.41) is 2.76. The molecule has 3 heteroatoms. The van der Waals surface area contributed by atoms with E-state index in [0.29, 0.717) is 5.57 Å². The van der Waals surface area contributed by atoms with Gasteiger partial charge in [-0.3, -0.25) is 4.79 Å². The number of amides is 1. The lowest BCUT2D eigenvalue weighted by atomic mass is 10.1. The largest absolute Gasteiger partial charge is 0.347 e. The molecule has 0 saturated carbocycles. The number of carbonyl (C=O) groups is 1. The molecule has 1 aliphatic carbocycles. The van der Waals surface area contributed by atoms with Crippen LogP contribution in [0, 0.1) is 0 Å². The van der Waals surface area contributed by atoms with E-state index < -0.39 is 0 Å². The number of allylic oxidation sites excluding steroid dienone is 2. The molecule has 1 aliphatic rings. The predicted molar refractivity (Wildman–Crippen MR) is 49.8 cm³/mol. The van der Waals surface area contributed by atoms with Crippen LogP contribution in [0.5, 0.6) is 0 Å².